The number of para-hydroxylation sites is 1. The molecule has 6 fully saturated rings. The SMILES string of the molecule is C=C(C)[C@@]1(Oc2ccccc2)[C@@H]2OC3(c4ccccc4)O[C@H]1[C@@H](C)[C@]1(O3)C3=CC(=C(Cl)Cl)[C@H](c4ccccc4)[C@@]3(O)C[C@@]3(C)O[C@H]3[C@@H]21. The van der Waals surface area contributed by atoms with Gasteiger partial charge >= 0.3 is 5.97 Å². The number of benzene rings is 3. The molecule has 4 saturated heterocycles. The lowest BCUT2D eigenvalue weighted by molar-refractivity contribution is -0.569. The third-order valence-corrected chi connectivity index (χ3v) is 12.1. The number of fused-ring (bicyclic) bond motifs is 2. The second-order valence-electron chi connectivity index (χ2n) is 14.3. The summed E-state index contributed by atoms with van der Waals surface area (Å²) in [6, 6.07) is 29.3. The van der Waals surface area contributed by atoms with E-state index < -0.39 is 52.4 Å². The van der Waals surface area contributed by atoms with E-state index in [0.29, 0.717) is 23.3 Å². The van der Waals surface area contributed by atoms with Crippen LogP contribution in [0, 0.1) is 11.8 Å². The highest BCUT2D eigenvalue weighted by molar-refractivity contribution is 6.56. The average molecular weight is 672 g/mol. The fraction of sp³-hybridized carbons (Fsp3) is 0.385. The molecule has 3 aromatic rings. The van der Waals surface area contributed by atoms with Crippen molar-refractivity contribution in [3.05, 3.63) is 136 Å². The van der Waals surface area contributed by atoms with E-state index in [-0.39, 0.29) is 16.5 Å². The van der Waals surface area contributed by atoms with Crippen LogP contribution < -0.4 is 4.74 Å². The Hall–Kier alpha value is -2.94. The van der Waals surface area contributed by atoms with Crippen LogP contribution in [0.15, 0.2) is 125 Å². The Morgan fingerprint density at radius 1 is 0.872 bits per heavy atom. The summed E-state index contributed by atoms with van der Waals surface area (Å²) in [7, 11) is 0. The molecule has 1 unspecified atom stereocenters. The lowest BCUT2D eigenvalue weighted by Gasteiger charge is -2.72. The van der Waals surface area contributed by atoms with Gasteiger partial charge in [-0.2, -0.15) is 0 Å². The molecule has 0 radical (unpaired) electrons. The maximum Gasteiger partial charge on any atom is 0.313 e. The summed E-state index contributed by atoms with van der Waals surface area (Å²) >= 11 is 13.4. The minimum Gasteiger partial charge on any atom is -0.477 e. The molecule has 4 bridgehead atoms. The first-order valence-corrected chi connectivity index (χ1v) is 17.0. The first kappa shape index (κ1) is 30.1. The zero-order valence-corrected chi connectivity index (χ0v) is 27.9. The molecule has 11 atom stereocenters. The molecule has 3 aliphatic carbocycles. The van der Waals surface area contributed by atoms with Crippen molar-refractivity contribution in [2.45, 2.75) is 79.8 Å². The maximum atomic E-state index is 13.4. The van der Waals surface area contributed by atoms with Crippen molar-refractivity contribution in [3.63, 3.8) is 0 Å². The van der Waals surface area contributed by atoms with Gasteiger partial charge in [0.25, 0.3) is 0 Å². The number of epoxide rings is 1. The first-order valence-electron chi connectivity index (χ1n) is 16.2. The number of hydrogen-bond acceptors (Lipinski definition) is 6. The Morgan fingerprint density at radius 2 is 1.49 bits per heavy atom. The van der Waals surface area contributed by atoms with Gasteiger partial charge in [0, 0.05) is 23.8 Å². The Balaban J connectivity index is 1.33. The molecule has 2 saturated carbocycles. The fourth-order valence-electron chi connectivity index (χ4n) is 9.85. The standard InChI is InChI=1S/C39H36Cl2O6/c1-22(2)37(43-26-18-12-7-13-19-26)31-23(3)38-28-20-27(34(40)41)29(24-14-8-5-9-15-24)36(28,42)21-35(4)32(44-35)30(38)33(37)46-39(45-31,47-38)25-16-10-6-11-17-25/h5-20,23,29-33,42H,1,21H2,2-4H3/t23-,29+,30+,31+,32+,33-,35-,36-,37+,38+,39?/m1/s1. The van der Waals surface area contributed by atoms with Gasteiger partial charge in [-0.1, -0.05) is 122 Å². The van der Waals surface area contributed by atoms with E-state index >= 15 is 0 Å². The van der Waals surface area contributed by atoms with Gasteiger partial charge in [-0.3, -0.25) is 0 Å². The molecule has 7 aliphatic rings. The summed E-state index contributed by atoms with van der Waals surface area (Å²) in [5, 5.41) is 13.4. The van der Waals surface area contributed by atoms with Crippen LogP contribution in [0.25, 0.3) is 0 Å². The summed E-state index contributed by atoms with van der Waals surface area (Å²) in [6.07, 6.45) is 0.759. The smallest absolute Gasteiger partial charge is 0.313 e. The van der Waals surface area contributed by atoms with Crippen LogP contribution in [0.4, 0.5) is 0 Å². The minimum absolute atomic E-state index is 0.106. The van der Waals surface area contributed by atoms with Crippen molar-refractivity contribution < 1.29 is 28.8 Å². The van der Waals surface area contributed by atoms with E-state index in [1.165, 1.54) is 0 Å². The monoisotopic (exact) mass is 670 g/mol. The van der Waals surface area contributed by atoms with Gasteiger partial charge in [0.05, 0.1) is 17.6 Å². The van der Waals surface area contributed by atoms with Crippen LogP contribution in [0.2, 0.25) is 0 Å². The van der Waals surface area contributed by atoms with Gasteiger partial charge in [0.1, 0.15) is 33.7 Å². The molecule has 6 nitrogen and oxygen atoms in total. The summed E-state index contributed by atoms with van der Waals surface area (Å²) in [6.45, 7) is 10.7. The second kappa shape index (κ2) is 9.82. The molecule has 47 heavy (non-hydrogen) atoms. The molecule has 3 aromatic carbocycles. The highest BCUT2D eigenvalue weighted by Gasteiger charge is 2.86. The lowest BCUT2D eigenvalue weighted by atomic mass is 9.52. The van der Waals surface area contributed by atoms with Gasteiger partial charge in [0.15, 0.2) is 5.60 Å². The largest absolute Gasteiger partial charge is 0.477 e. The first-order chi connectivity index (χ1) is 22.5. The van der Waals surface area contributed by atoms with Crippen LogP contribution in [0.3, 0.4) is 0 Å². The lowest BCUT2D eigenvalue weighted by Crippen LogP contribution is -2.85. The zero-order chi connectivity index (χ0) is 32.6. The van der Waals surface area contributed by atoms with E-state index in [2.05, 4.69) is 20.4 Å². The van der Waals surface area contributed by atoms with Gasteiger partial charge in [-0.25, -0.2) is 0 Å². The Kier molecular flexibility index (Phi) is 6.30. The van der Waals surface area contributed by atoms with E-state index in [9.17, 15) is 5.11 Å². The summed E-state index contributed by atoms with van der Waals surface area (Å²) in [5.41, 5.74) is -0.611. The molecule has 8 heteroatoms. The van der Waals surface area contributed by atoms with Gasteiger partial charge in [0.2, 0.25) is 0 Å². The van der Waals surface area contributed by atoms with E-state index in [0.717, 1.165) is 16.7 Å². The van der Waals surface area contributed by atoms with Crippen molar-refractivity contribution in [1.29, 1.82) is 0 Å². The summed E-state index contributed by atoms with van der Waals surface area (Å²) < 4.78 is 35.5. The van der Waals surface area contributed by atoms with Crippen LogP contribution in [0.5, 0.6) is 5.75 Å². The molecule has 4 heterocycles. The number of allylic oxidation sites excluding steroid dienone is 1. The molecule has 0 aromatic heterocycles. The maximum absolute atomic E-state index is 13.4. The number of hydrogen-bond donors (Lipinski definition) is 1. The van der Waals surface area contributed by atoms with Gasteiger partial charge in [-0.05, 0) is 48.3 Å². The molecule has 10 rings (SSSR count). The van der Waals surface area contributed by atoms with Crippen LogP contribution in [0.1, 0.15) is 44.2 Å². The van der Waals surface area contributed by atoms with Crippen molar-refractivity contribution in [3.8, 4) is 5.75 Å². The molecule has 242 valence electrons. The minimum atomic E-state index is -1.59. The number of halogens is 2. The van der Waals surface area contributed by atoms with Crippen molar-refractivity contribution in [1.82, 2.24) is 0 Å². The predicted octanol–water partition coefficient (Wildman–Crippen LogP) is 7.72. The number of aliphatic hydroxyl groups is 1. The van der Waals surface area contributed by atoms with E-state index in [1.807, 2.05) is 104 Å². The predicted molar refractivity (Wildman–Crippen MR) is 178 cm³/mol. The van der Waals surface area contributed by atoms with Crippen LogP contribution in [-0.4, -0.2) is 45.8 Å². The summed E-state index contributed by atoms with van der Waals surface area (Å²) in [4.78, 5) is 0. The number of rotatable bonds is 5. The average Bonchev–Trinajstić information content (AvgIpc) is 3.62. The van der Waals surface area contributed by atoms with Crippen molar-refractivity contribution >= 4 is 23.2 Å². The highest BCUT2D eigenvalue weighted by atomic mass is 35.5. The molecule has 1 N–H and O–H groups in total. The Labute approximate surface area is 284 Å². The third-order valence-electron chi connectivity index (χ3n) is 11.7. The van der Waals surface area contributed by atoms with Crippen molar-refractivity contribution in [2.75, 3.05) is 0 Å². The molecule has 4 aliphatic heterocycles. The van der Waals surface area contributed by atoms with Crippen LogP contribution >= 0.6 is 23.2 Å². The Morgan fingerprint density at radius 3 is 2.13 bits per heavy atom. The topological polar surface area (TPSA) is 69.7 Å². The molecule has 0 amide bonds. The number of ether oxygens (including phenoxy) is 5. The van der Waals surface area contributed by atoms with E-state index in [1.54, 1.807) is 0 Å². The van der Waals surface area contributed by atoms with Gasteiger partial charge < -0.3 is 28.8 Å². The zero-order valence-electron chi connectivity index (χ0n) is 26.4. The second-order valence-corrected chi connectivity index (χ2v) is 15.2. The highest BCUT2D eigenvalue weighted by Crippen LogP contribution is 2.75. The summed E-state index contributed by atoms with van der Waals surface area (Å²) in [5.74, 6) is -2.23. The van der Waals surface area contributed by atoms with Crippen molar-refractivity contribution in [2.24, 2.45) is 11.8 Å². The normalized spacial score (nSPS) is 43.7. The molecule has 1 spiro atoms. The third kappa shape index (κ3) is 3.75. The molecular weight excluding hydrogens is 635 g/mol. The van der Waals surface area contributed by atoms with Crippen LogP contribution in [-0.2, 0) is 24.9 Å². The Bertz CT molecular complexity index is 1840. The fourth-order valence-corrected chi connectivity index (χ4v) is 10.2. The van der Waals surface area contributed by atoms with E-state index in [4.69, 9.17) is 46.9 Å². The molecular formula is C39H36Cl2O6. The quantitative estimate of drug-likeness (QED) is 0.222. The van der Waals surface area contributed by atoms with Gasteiger partial charge in [-0.15, -0.1) is 0 Å².